The Morgan fingerprint density at radius 2 is 1.05 bits per heavy atom. The normalized spacial score (nSPS) is 9.70. The molecule has 1 aromatic rings. The molecule has 10 heteroatoms. The van der Waals surface area contributed by atoms with Gasteiger partial charge < -0.3 is 10.2 Å². The van der Waals surface area contributed by atoms with Crippen LogP contribution in [0.25, 0.3) is 0 Å². The Hall–Kier alpha value is -2.98. The molecule has 0 unspecified atom stereocenters. The van der Waals surface area contributed by atoms with Crippen LogP contribution in [-0.2, 0) is 0 Å². The molecule has 0 atom stereocenters. The fourth-order valence-electron chi connectivity index (χ4n) is 1.48. The van der Waals surface area contributed by atoms with Crippen molar-refractivity contribution < 1.29 is 29.4 Å². The Labute approximate surface area is 111 Å². The Morgan fingerprint density at radius 1 is 0.750 bits per heavy atom. The minimum Gasteiger partial charge on any atom is -0.478 e. The first kappa shape index (κ1) is 15.1. The van der Waals surface area contributed by atoms with Gasteiger partial charge in [0, 0.05) is 0 Å². The molecule has 0 spiro atoms. The third-order valence-electron chi connectivity index (χ3n) is 2.37. The van der Waals surface area contributed by atoms with Crippen molar-refractivity contribution >= 4 is 23.8 Å². The van der Waals surface area contributed by atoms with Crippen LogP contribution in [0.5, 0.6) is 0 Å². The van der Waals surface area contributed by atoms with E-state index >= 15 is 0 Å². The van der Waals surface area contributed by atoms with Crippen molar-refractivity contribution in [1.29, 1.82) is 0 Å². The number of carboxylic acids is 2. The first-order valence-corrected chi connectivity index (χ1v) is 5.00. The van der Waals surface area contributed by atoms with E-state index in [-0.39, 0.29) is 0 Å². The molecule has 0 saturated carbocycles. The van der Waals surface area contributed by atoms with E-state index in [2.05, 4.69) is 0 Å². The quantitative estimate of drug-likeness (QED) is 0.214. The molecule has 106 valence electrons. The van der Waals surface area contributed by atoms with Gasteiger partial charge in [0.05, 0.1) is 22.3 Å². The monoisotopic (exact) mass is 282 g/mol. The van der Waals surface area contributed by atoms with E-state index in [4.69, 9.17) is 21.9 Å². The summed E-state index contributed by atoms with van der Waals surface area (Å²) in [5.41, 5.74) is 1.23. The second kappa shape index (κ2) is 5.77. The summed E-state index contributed by atoms with van der Waals surface area (Å²) >= 11 is 0. The highest BCUT2D eigenvalue weighted by Gasteiger charge is 2.24. The van der Waals surface area contributed by atoms with Gasteiger partial charge in [0.25, 0.3) is 11.8 Å². The van der Waals surface area contributed by atoms with Crippen molar-refractivity contribution in [3.63, 3.8) is 0 Å². The fourth-order valence-corrected chi connectivity index (χ4v) is 1.48. The maximum atomic E-state index is 11.5. The molecule has 0 heterocycles. The summed E-state index contributed by atoms with van der Waals surface area (Å²) in [5.74, 6) is 4.70. The lowest BCUT2D eigenvalue weighted by atomic mass is 9.97. The summed E-state index contributed by atoms with van der Waals surface area (Å²) < 4.78 is 0. The van der Waals surface area contributed by atoms with Crippen molar-refractivity contribution in [1.82, 2.24) is 10.9 Å². The molecule has 0 aliphatic heterocycles. The van der Waals surface area contributed by atoms with Crippen LogP contribution in [0.3, 0.4) is 0 Å². The van der Waals surface area contributed by atoms with Gasteiger partial charge in [-0.2, -0.15) is 0 Å². The second-order valence-corrected chi connectivity index (χ2v) is 3.50. The van der Waals surface area contributed by atoms with Gasteiger partial charge in [-0.15, -0.1) is 0 Å². The van der Waals surface area contributed by atoms with Gasteiger partial charge in [0.2, 0.25) is 0 Å². The largest absolute Gasteiger partial charge is 0.478 e. The molecule has 0 aliphatic rings. The molecule has 10 nitrogen and oxygen atoms in total. The van der Waals surface area contributed by atoms with Gasteiger partial charge in [-0.3, -0.25) is 20.4 Å². The van der Waals surface area contributed by atoms with Crippen molar-refractivity contribution in [2.75, 3.05) is 0 Å². The molecular formula is C10H10N4O6. The van der Waals surface area contributed by atoms with Crippen LogP contribution >= 0.6 is 0 Å². The summed E-state index contributed by atoms with van der Waals surface area (Å²) in [6.45, 7) is 0. The number of carboxylic acid groups (broad SMARTS) is 2. The fraction of sp³-hybridized carbons (Fsp3) is 0. The topological polar surface area (TPSA) is 185 Å². The third-order valence-corrected chi connectivity index (χ3v) is 2.37. The molecule has 8 N–H and O–H groups in total. The predicted octanol–water partition coefficient (Wildman–Crippen LogP) is -1.71. The van der Waals surface area contributed by atoms with Crippen molar-refractivity contribution in [2.45, 2.75) is 0 Å². The minimum atomic E-state index is -1.55. The SMILES string of the molecule is NNC(=O)c1cc(C(=O)NN)c(C(=O)O)cc1C(=O)O. The van der Waals surface area contributed by atoms with Crippen molar-refractivity contribution in [3.8, 4) is 0 Å². The van der Waals surface area contributed by atoms with Gasteiger partial charge in [-0.25, -0.2) is 21.3 Å². The predicted molar refractivity (Wildman–Crippen MR) is 63.7 cm³/mol. The van der Waals surface area contributed by atoms with Crippen LogP contribution in [0, 0.1) is 0 Å². The summed E-state index contributed by atoms with van der Waals surface area (Å²) in [6.07, 6.45) is 0. The highest BCUT2D eigenvalue weighted by atomic mass is 16.4. The summed E-state index contributed by atoms with van der Waals surface area (Å²) in [5, 5.41) is 17.9. The molecule has 0 aliphatic carbocycles. The molecule has 0 radical (unpaired) electrons. The minimum absolute atomic E-state index is 0.469. The smallest absolute Gasteiger partial charge is 0.336 e. The molecule has 0 aromatic heterocycles. The van der Waals surface area contributed by atoms with E-state index in [0.29, 0.717) is 6.07 Å². The Morgan fingerprint density at radius 3 is 1.30 bits per heavy atom. The zero-order valence-corrected chi connectivity index (χ0v) is 9.84. The summed E-state index contributed by atoms with van der Waals surface area (Å²) in [7, 11) is 0. The number of nitrogen functional groups attached to an aromatic ring is 2. The van der Waals surface area contributed by atoms with Gasteiger partial charge in [-0.1, -0.05) is 0 Å². The molecule has 0 fully saturated rings. The number of amides is 2. The number of carbonyl (C=O) groups excluding carboxylic acids is 2. The number of benzene rings is 1. The maximum Gasteiger partial charge on any atom is 0.336 e. The summed E-state index contributed by atoms with van der Waals surface area (Å²) in [6, 6.07) is 1.47. The Kier molecular flexibility index (Phi) is 4.35. The van der Waals surface area contributed by atoms with Crippen LogP contribution in [0.4, 0.5) is 0 Å². The van der Waals surface area contributed by atoms with Gasteiger partial charge >= 0.3 is 11.9 Å². The van der Waals surface area contributed by atoms with Gasteiger partial charge in [0.1, 0.15) is 0 Å². The van der Waals surface area contributed by atoms with E-state index in [1.807, 2.05) is 0 Å². The van der Waals surface area contributed by atoms with E-state index in [9.17, 15) is 19.2 Å². The van der Waals surface area contributed by atoms with Crippen LogP contribution in [0.1, 0.15) is 41.4 Å². The number of hydrazine groups is 2. The van der Waals surface area contributed by atoms with E-state index in [1.54, 1.807) is 10.9 Å². The number of hydrogen-bond acceptors (Lipinski definition) is 6. The van der Waals surface area contributed by atoms with Crippen molar-refractivity contribution in [3.05, 3.63) is 34.4 Å². The van der Waals surface area contributed by atoms with E-state index < -0.39 is 46.0 Å². The average Bonchev–Trinajstić information content (AvgIpc) is 2.43. The summed E-state index contributed by atoms with van der Waals surface area (Å²) in [4.78, 5) is 45.0. The molecule has 1 rings (SSSR count). The molecule has 0 saturated heterocycles. The lowest BCUT2D eigenvalue weighted by molar-refractivity contribution is 0.0687. The van der Waals surface area contributed by atoms with Crippen LogP contribution < -0.4 is 22.5 Å². The lowest BCUT2D eigenvalue weighted by Crippen LogP contribution is -2.34. The first-order chi connectivity index (χ1) is 9.33. The number of carbonyl (C=O) groups is 4. The molecule has 0 bridgehead atoms. The molecule has 20 heavy (non-hydrogen) atoms. The molecule has 1 aromatic carbocycles. The highest BCUT2D eigenvalue weighted by Crippen LogP contribution is 2.18. The van der Waals surface area contributed by atoms with Gasteiger partial charge in [-0.05, 0) is 12.1 Å². The standard InChI is InChI=1S/C10H10N4O6/c11-13-7(15)3-1-4(8(16)14-12)6(10(19)20)2-5(3)9(17)18/h1-2H,11-12H2,(H,13,15)(H,14,16)(H,17,18)(H,19,20). The number of aromatic carboxylic acids is 2. The first-order valence-electron chi connectivity index (χ1n) is 5.00. The Balaban J connectivity index is 3.68. The zero-order valence-electron chi connectivity index (χ0n) is 9.84. The average molecular weight is 282 g/mol. The molecule has 2 amide bonds. The third kappa shape index (κ3) is 2.71. The van der Waals surface area contributed by atoms with E-state index in [0.717, 1.165) is 6.07 Å². The Bertz CT molecular complexity index is 563. The lowest BCUT2D eigenvalue weighted by Gasteiger charge is -2.10. The van der Waals surface area contributed by atoms with Crippen LogP contribution in [-0.4, -0.2) is 34.0 Å². The number of nitrogens with two attached hydrogens (primary N) is 2. The number of nitrogens with one attached hydrogen (secondary N) is 2. The second-order valence-electron chi connectivity index (χ2n) is 3.50. The van der Waals surface area contributed by atoms with Crippen LogP contribution in [0.2, 0.25) is 0 Å². The van der Waals surface area contributed by atoms with E-state index in [1.165, 1.54) is 0 Å². The molecular weight excluding hydrogens is 272 g/mol. The maximum absolute atomic E-state index is 11.5. The highest BCUT2D eigenvalue weighted by molar-refractivity contribution is 6.11. The van der Waals surface area contributed by atoms with Crippen LogP contribution in [0.15, 0.2) is 12.1 Å². The number of rotatable bonds is 4. The van der Waals surface area contributed by atoms with Gasteiger partial charge in [0.15, 0.2) is 0 Å². The van der Waals surface area contributed by atoms with Crippen molar-refractivity contribution in [2.24, 2.45) is 11.7 Å². The number of hydrogen-bond donors (Lipinski definition) is 6. The zero-order chi connectivity index (χ0) is 15.4.